The van der Waals surface area contributed by atoms with E-state index in [1.54, 1.807) is 0 Å². The van der Waals surface area contributed by atoms with Gasteiger partial charge >= 0.3 is 0 Å². The summed E-state index contributed by atoms with van der Waals surface area (Å²) in [7, 11) is 0. The van der Waals surface area contributed by atoms with Gasteiger partial charge in [-0.15, -0.1) is 0 Å². The second kappa shape index (κ2) is 9.31. The van der Waals surface area contributed by atoms with Crippen molar-refractivity contribution in [1.82, 2.24) is 9.55 Å². The Bertz CT molecular complexity index is 1320. The summed E-state index contributed by atoms with van der Waals surface area (Å²) in [4.78, 5) is 19.6. The number of aromatic nitrogens is 2. The van der Waals surface area contributed by atoms with Crippen LogP contribution in [0.25, 0.3) is 11.0 Å². The lowest BCUT2D eigenvalue weighted by Crippen LogP contribution is -2.26. The van der Waals surface area contributed by atoms with Gasteiger partial charge in [0.05, 0.1) is 17.6 Å². The van der Waals surface area contributed by atoms with E-state index in [-0.39, 0.29) is 18.4 Å². The second-order valence-corrected chi connectivity index (χ2v) is 9.04. The molecule has 1 fully saturated rings. The molecule has 0 unspecified atom stereocenters. The van der Waals surface area contributed by atoms with E-state index < -0.39 is 6.10 Å². The summed E-state index contributed by atoms with van der Waals surface area (Å²) in [5.41, 5.74) is 4.95. The van der Waals surface area contributed by atoms with Crippen LogP contribution in [0.15, 0.2) is 72.8 Å². The number of imidazole rings is 1. The van der Waals surface area contributed by atoms with Gasteiger partial charge in [-0.25, -0.2) is 4.98 Å². The molecule has 1 aliphatic rings. The molecule has 0 saturated carbocycles. The number of hydrogen-bond acceptors (Lipinski definition) is 4. The lowest BCUT2D eigenvalue weighted by atomic mass is 10.1. The largest absolute Gasteiger partial charge is 0.491 e. The molecule has 1 saturated heterocycles. The third-order valence-electron chi connectivity index (χ3n) is 6.40. The molecule has 1 aromatic heterocycles. The lowest BCUT2D eigenvalue weighted by Gasteiger charge is -2.19. The maximum Gasteiger partial charge on any atom is 0.227 e. The fourth-order valence-electron chi connectivity index (χ4n) is 4.75. The SMILES string of the molecule is Cc1ccc(OC[C@@H](O)Cn2c([C@H]3CC(=O)N(c4ccccc4)C3)nc3ccccc32)c(C)c1. The first-order valence-electron chi connectivity index (χ1n) is 11.7. The van der Waals surface area contributed by atoms with Crippen LogP contribution in [0.1, 0.15) is 29.3 Å². The Balaban J connectivity index is 1.38. The highest BCUT2D eigenvalue weighted by Crippen LogP contribution is 2.33. The zero-order chi connectivity index (χ0) is 23.7. The van der Waals surface area contributed by atoms with E-state index in [0.29, 0.717) is 19.5 Å². The molecular weight excluding hydrogens is 426 g/mol. The quantitative estimate of drug-likeness (QED) is 0.442. The fraction of sp³-hybridized carbons (Fsp3) is 0.286. The van der Waals surface area contributed by atoms with E-state index in [9.17, 15) is 9.90 Å². The van der Waals surface area contributed by atoms with E-state index in [2.05, 4.69) is 10.6 Å². The number of carbonyl (C=O) groups excluding carboxylic acids is 1. The van der Waals surface area contributed by atoms with E-state index in [4.69, 9.17) is 9.72 Å². The van der Waals surface area contributed by atoms with E-state index >= 15 is 0 Å². The van der Waals surface area contributed by atoms with E-state index in [1.165, 1.54) is 5.56 Å². The van der Waals surface area contributed by atoms with Crippen LogP contribution in [0.5, 0.6) is 5.75 Å². The van der Waals surface area contributed by atoms with Gasteiger partial charge in [0, 0.05) is 24.6 Å². The number of ether oxygens (including phenoxy) is 1. The maximum absolute atomic E-state index is 12.8. The zero-order valence-electron chi connectivity index (χ0n) is 19.5. The normalized spacial score (nSPS) is 16.9. The minimum absolute atomic E-state index is 0.0485. The summed E-state index contributed by atoms with van der Waals surface area (Å²) in [5.74, 6) is 1.65. The number of anilines is 1. The minimum atomic E-state index is -0.723. The highest BCUT2D eigenvalue weighted by atomic mass is 16.5. The first kappa shape index (κ1) is 22.2. The van der Waals surface area contributed by atoms with Crippen LogP contribution in [0.3, 0.4) is 0 Å². The summed E-state index contributed by atoms with van der Waals surface area (Å²) < 4.78 is 7.98. The van der Waals surface area contributed by atoms with Crippen LogP contribution in [-0.2, 0) is 11.3 Å². The highest BCUT2D eigenvalue weighted by Gasteiger charge is 2.35. The molecule has 1 amide bonds. The molecule has 6 heteroatoms. The molecule has 6 nitrogen and oxygen atoms in total. The maximum atomic E-state index is 12.8. The number of aliphatic hydroxyl groups is 1. The Labute approximate surface area is 199 Å². The van der Waals surface area contributed by atoms with E-state index in [1.807, 2.05) is 85.5 Å². The molecule has 4 aromatic rings. The predicted molar refractivity (Wildman–Crippen MR) is 133 cm³/mol. The van der Waals surface area contributed by atoms with Gasteiger partial charge in [0.1, 0.15) is 24.3 Å². The van der Waals surface area contributed by atoms with Crippen molar-refractivity contribution < 1.29 is 14.6 Å². The van der Waals surface area contributed by atoms with Crippen molar-refractivity contribution in [2.45, 2.75) is 38.8 Å². The molecule has 3 aromatic carbocycles. The number of rotatable bonds is 7. The molecule has 5 rings (SSSR count). The molecule has 34 heavy (non-hydrogen) atoms. The second-order valence-electron chi connectivity index (χ2n) is 9.04. The summed E-state index contributed by atoms with van der Waals surface area (Å²) in [5, 5.41) is 10.9. The van der Waals surface area contributed by atoms with Gasteiger partial charge in [0.15, 0.2) is 0 Å². The Kier molecular flexibility index (Phi) is 6.07. The van der Waals surface area contributed by atoms with Gasteiger partial charge in [-0.3, -0.25) is 4.79 Å². The number of fused-ring (bicyclic) bond motifs is 1. The van der Waals surface area contributed by atoms with Crippen molar-refractivity contribution in [1.29, 1.82) is 0 Å². The topological polar surface area (TPSA) is 67.6 Å². The third-order valence-corrected chi connectivity index (χ3v) is 6.40. The molecule has 2 heterocycles. The standard InChI is InChI=1S/C28H29N3O3/c1-19-12-13-26(20(2)14-19)34-18-23(32)17-31-25-11-7-6-10-24(25)29-28(31)21-15-27(33)30(16-21)22-8-4-3-5-9-22/h3-14,21,23,32H,15-18H2,1-2H3/t21-,23-/m0/s1. The number of aryl methyl sites for hydroxylation is 2. The van der Waals surface area contributed by atoms with Gasteiger partial charge in [-0.05, 0) is 49.7 Å². The molecule has 1 N–H and O–H groups in total. The monoisotopic (exact) mass is 455 g/mol. The van der Waals surface area contributed by atoms with Gasteiger partial charge in [0.2, 0.25) is 5.91 Å². The summed E-state index contributed by atoms with van der Waals surface area (Å²) >= 11 is 0. The first-order chi connectivity index (χ1) is 16.5. The smallest absolute Gasteiger partial charge is 0.227 e. The zero-order valence-corrected chi connectivity index (χ0v) is 19.5. The number of hydrogen-bond donors (Lipinski definition) is 1. The van der Waals surface area contributed by atoms with Crippen molar-refractivity contribution in [3.63, 3.8) is 0 Å². The Morgan fingerprint density at radius 3 is 2.62 bits per heavy atom. The Hall–Kier alpha value is -3.64. The third kappa shape index (κ3) is 4.41. The van der Waals surface area contributed by atoms with Crippen LogP contribution in [0, 0.1) is 13.8 Å². The number of nitrogens with zero attached hydrogens (tertiary/aromatic N) is 3. The number of para-hydroxylation sites is 3. The first-order valence-corrected chi connectivity index (χ1v) is 11.7. The molecule has 1 aliphatic heterocycles. The number of amides is 1. The molecule has 0 bridgehead atoms. The lowest BCUT2D eigenvalue weighted by molar-refractivity contribution is -0.117. The van der Waals surface area contributed by atoms with Crippen LogP contribution >= 0.6 is 0 Å². The predicted octanol–water partition coefficient (Wildman–Crippen LogP) is 4.61. The van der Waals surface area contributed by atoms with Gasteiger partial charge < -0.3 is 19.3 Å². The van der Waals surface area contributed by atoms with Crippen LogP contribution in [-0.4, -0.2) is 39.8 Å². The molecular formula is C28H29N3O3. The van der Waals surface area contributed by atoms with Crippen molar-refractivity contribution in [2.75, 3.05) is 18.1 Å². The fourth-order valence-corrected chi connectivity index (χ4v) is 4.75. The minimum Gasteiger partial charge on any atom is -0.491 e. The average Bonchev–Trinajstić information content (AvgIpc) is 3.40. The van der Waals surface area contributed by atoms with Crippen molar-refractivity contribution >= 4 is 22.6 Å². The van der Waals surface area contributed by atoms with Gasteiger partial charge in [0.25, 0.3) is 0 Å². The molecule has 0 aliphatic carbocycles. The van der Waals surface area contributed by atoms with E-state index in [0.717, 1.165) is 33.9 Å². The molecule has 0 spiro atoms. The van der Waals surface area contributed by atoms with Crippen molar-refractivity contribution in [2.24, 2.45) is 0 Å². The Morgan fingerprint density at radius 2 is 1.82 bits per heavy atom. The molecule has 0 radical (unpaired) electrons. The van der Waals surface area contributed by atoms with Crippen LogP contribution in [0.4, 0.5) is 5.69 Å². The van der Waals surface area contributed by atoms with Crippen LogP contribution in [0.2, 0.25) is 0 Å². The van der Waals surface area contributed by atoms with Crippen molar-refractivity contribution in [3.8, 4) is 5.75 Å². The summed E-state index contributed by atoms with van der Waals surface area (Å²) in [6.07, 6.45) is -0.327. The summed E-state index contributed by atoms with van der Waals surface area (Å²) in [6, 6.07) is 23.7. The summed E-state index contributed by atoms with van der Waals surface area (Å²) in [6.45, 7) is 5.14. The molecule has 2 atom stereocenters. The van der Waals surface area contributed by atoms with Gasteiger partial charge in [-0.2, -0.15) is 0 Å². The van der Waals surface area contributed by atoms with Crippen molar-refractivity contribution in [3.05, 3.63) is 89.7 Å². The number of carbonyl (C=O) groups is 1. The average molecular weight is 456 g/mol. The highest BCUT2D eigenvalue weighted by molar-refractivity contribution is 5.96. The number of benzene rings is 3. The Morgan fingerprint density at radius 1 is 1.06 bits per heavy atom. The number of aliphatic hydroxyl groups excluding tert-OH is 1. The molecule has 174 valence electrons. The van der Waals surface area contributed by atoms with Gasteiger partial charge in [-0.1, -0.05) is 48.0 Å². The van der Waals surface area contributed by atoms with Crippen LogP contribution < -0.4 is 9.64 Å².